The minimum absolute atomic E-state index is 0.00701. The summed E-state index contributed by atoms with van der Waals surface area (Å²) in [6.45, 7) is 2.54. The molecule has 0 spiro atoms. The summed E-state index contributed by atoms with van der Waals surface area (Å²) >= 11 is 0. The zero-order chi connectivity index (χ0) is 19.7. The first-order chi connectivity index (χ1) is 12.9. The van der Waals surface area contributed by atoms with Gasteiger partial charge < -0.3 is 15.4 Å². The molecule has 0 fully saturated rings. The number of nitrogens with one attached hydrogen (secondary N) is 2. The molecule has 0 bridgehead atoms. The SMILES string of the molecule is CN=C(NCc1ccc(Oc2ccccc2)cc1)NC(C)CCS(C)(=O)=O. The maximum atomic E-state index is 11.3. The van der Waals surface area contributed by atoms with Crippen LogP contribution in [0.1, 0.15) is 18.9 Å². The van der Waals surface area contributed by atoms with Gasteiger partial charge in [-0.25, -0.2) is 8.42 Å². The third-order valence-corrected chi connectivity index (χ3v) is 4.87. The molecule has 0 aliphatic heterocycles. The van der Waals surface area contributed by atoms with Gasteiger partial charge in [0.1, 0.15) is 21.3 Å². The van der Waals surface area contributed by atoms with E-state index in [1.807, 2.05) is 61.5 Å². The highest BCUT2D eigenvalue weighted by Crippen LogP contribution is 2.21. The summed E-state index contributed by atoms with van der Waals surface area (Å²) in [5.74, 6) is 2.37. The van der Waals surface area contributed by atoms with Crippen molar-refractivity contribution < 1.29 is 13.2 Å². The highest BCUT2D eigenvalue weighted by Gasteiger charge is 2.09. The van der Waals surface area contributed by atoms with Crippen molar-refractivity contribution in [1.29, 1.82) is 0 Å². The third-order valence-electron chi connectivity index (χ3n) is 3.89. The minimum atomic E-state index is -2.96. The molecule has 0 aliphatic rings. The number of aliphatic imine (C=N–C) groups is 1. The molecular weight excluding hydrogens is 362 g/mol. The van der Waals surface area contributed by atoms with Gasteiger partial charge in [-0.1, -0.05) is 30.3 Å². The van der Waals surface area contributed by atoms with Crippen LogP contribution in [0.15, 0.2) is 59.6 Å². The Labute approximate surface area is 161 Å². The van der Waals surface area contributed by atoms with Gasteiger partial charge in [0.15, 0.2) is 5.96 Å². The number of ether oxygens (including phenoxy) is 1. The molecule has 0 amide bonds. The summed E-state index contributed by atoms with van der Waals surface area (Å²) in [6, 6.07) is 17.5. The Hall–Kier alpha value is -2.54. The van der Waals surface area contributed by atoms with Gasteiger partial charge in [-0.05, 0) is 43.2 Å². The zero-order valence-electron chi connectivity index (χ0n) is 16.0. The van der Waals surface area contributed by atoms with E-state index in [4.69, 9.17) is 4.74 Å². The number of sulfone groups is 1. The average Bonchev–Trinajstić information content (AvgIpc) is 2.65. The molecule has 7 heteroatoms. The fourth-order valence-corrected chi connectivity index (χ4v) is 3.16. The summed E-state index contributed by atoms with van der Waals surface area (Å²) < 4.78 is 28.3. The minimum Gasteiger partial charge on any atom is -0.457 e. The molecule has 1 atom stereocenters. The van der Waals surface area contributed by atoms with Gasteiger partial charge in [0.25, 0.3) is 0 Å². The van der Waals surface area contributed by atoms with Crippen molar-refractivity contribution in [3.05, 3.63) is 60.2 Å². The molecule has 0 aliphatic carbocycles. The van der Waals surface area contributed by atoms with Crippen LogP contribution in [0.4, 0.5) is 0 Å². The molecule has 2 aromatic rings. The van der Waals surface area contributed by atoms with Gasteiger partial charge in [-0.15, -0.1) is 0 Å². The van der Waals surface area contributed by atoms with Crippen LogP contribution >= 0.6 is 0 Å². The van der Waals surface area contributed by atoms with Gasteiger partial charge in [0.2, 0.25) is 0 Å². The van der Waals surface area contributed by atoms with E-state index in [2.05, 4.69) is 15.6 Å². The maximum Gasteiger partial charge on any atom is 0.191 e. The van der Waals surface area contributed by atoms with Gasteiger partial charge >= 0.3 is 0 Å². The van der Waals surface area contributed by atoms with Crippen LogP contribution in [-0.2, 0) is 16.4 Å². The number of hydrogen-bond donors (Lipinski definition) is 2. The van der Waals surface area contributed by atoms with E-state index < -0.39 is 9.84 Å². The largest absolute Gasteiger partial charge is 0.457 e. The smallest absolute Gasteiger partial charge is 0.191 e. The first-order valence-electron chi connectivity index (χ1n) is 8.82. The van der Waals surface area contributed by atoms with E-state index in [0.717, 1.165) is 17.1 Å². The molecule has 2 aromatic carbocycles. The van der Waals surface area contributed by atoms with Crippen LogP contribution in [0.2, 0.25) is 0 Å². The summed E-state index contributed by atoms with van der Waals surface area (Å²) in [6.07, 6.45) is 1.78. The van der Waals surface area contributed by atoms with Gasteiger partial charge in [0.05, 0.1) is 5.75 Å². The molecule has 0 saturated carbocycles. The maximum absolute atomic E-state index is 11.3. The fourth-order valence-electron chi connectivity index (χ4n) is 2.38. The van der Waals surface area contributed by atoms with E-state index in [0.29, 0.717) is 18.9 Å². The van der Waals surface area contributed by atoms with E-state index in [1.54, 1.807) is 7.05 Å². The highest BCUT2D eigenvalue weighted by atomic mass is 32.2. The molecule has 1 unspecified atom stereocenters. The molecule has 2 N–H and O–H groups in total. The first-order valence-corrected chi connectivity index (χ1v) is 10.9. The number of guanidine groups is 1. The monoisotopic (exact) mass is 389 g/mol. The van der Waals surface area contributed by atoms with E-state index in [1.165, 1.54) is 6.26 Å². The van der Waals surface area contributed by atoms with Crippen LogP contribution < -0.4 is 15.4 Å². The fraction of sp³-hybridized carbons (Fsp3) is 0.350. The molecular formula is C20H27N3O3S. The Morgan fingerprint density at radius 2 is 1.70 bits per heavy atom. The van der Waals surface area contributed by atoms with Crippen molar-refractivity contribution >= 4 is 15.8 Å². The highest BCUT2D eigenvalue weighted by molar-refractivity contribution is 7.90. The first kappa shape index (κ1) is 20.8. The number of rotatable bonds is 8. The Bertz CT molecular complexity index is 835. The van der Waals surface area contributed by atoms with Crippen LogP contribution in [0.3, 0.4) is 0 Å². The Kier molecular flexibility index (Phi) is 7.67. The van der Waals surface area contributed by atoms with E-state index in [9.17, 15) is 8.42 Å². The molecule has 146 valence electrons. The lowest BCUT2D eigenvalue weighted by Crippen LogP contribution is -2.42. The van der Waals surface area contributed by atoms with Crippen LogP contribution in [0, 0.1) is 0 Å². The Morgan fingerprint density at radius 1 is 1.07 bits per heavy atom. The zero-order valence-corrected chi connectivity index (χ0v) is 16.8. The topological polar surface area (TPSA) is 79.8 Å². The average molecular weight is 390 g/mol. The van der Waals surface area contributed by atoms with E-state index >= 15 is 0 Å². The van der Waals surface area contributed by atoms with Gasteiger partial charge in [0, 0.05) is 25.9 Å². The Balaban J connectivity index is 1.82. The second-order valence-corrected chi connectivity index (χ2v) is 8.71. The molecule has 2 rings (SSSR count). The predicted octanol–water partition coefficient (Wildman–Crippen LogP) is 2.97. The lowest BCUT2D eigenvalue weighted by molar-refractivity contribution is 0.482. The van der Waals surface area contributed by atoms with Crippen LogP contribution in [0.5, 0.6) is 11.5 Å². The van der Waals surface area contributed by atoms with Gasteiger partial charge in [-0.2, -0.15) is 0 Å². The summed E-state index contributed by atoms with van der Waals surface area (Å²) in [4.78, 5) is 4.18. The van der Waals surface area contributed by atoms with Crippen LogP contribution in [0.25, 0.3) is 0 Å². The van der Waals surface area contributed by atoms with Crippen molar-refractivity contribution in [3.63, 3.8) is 0 Å². The number of benzene rings is 2. The summed E-state index contributed by atoms with van der Waals surface area (Å²) in [5.41, 5.74) is 1.09. The summed E-state index contributed by atoms with van der Waals surface area (Å²) in [7, 11) is -1.27. The number of nitrogens with zero attached hydrogens (tertiary/aromatic N) is 1. The molecule has 0 heterocycles. The van der Waals surface area contributed by atoms with Crippen molar-refractivity contribution in [1.82, 2.24) is 10.6 Å². The van der Waals surface area contributed by atoms with Crippen molar-refractivity contribution in [2.75, 3.05) is 19.1 Å². The normalized spacial score (nSPS) is 13.1. The quantitative estimate of drug-likeness (QED) is 0.536. The molecule has 0 saturated heterocycles. The standard InChI is InChI=1S/C20H27N3O3S/c1-16(13-14-27(3,24)25)23-20(21-2)22-15-17-9-11-19(12-10-17)26-18-7-5-4-6-8-18/h4-12,16H,13-15H2,1-3H3,(H2,21,22,23). The molecule has 0 radical (unpaired) electrons. The van der Waals surface area contributed by atoms with Crippen LogP contribution in [-0.4, -0.2) is 39.5 Å². The predicted molar refractivity (Wildman–Crippen MR) is 110 cm³/mol. The molecule has 6 nitrogen and oxygen atoms in total. The van der Waals surface area contributed by atoms with Crippen molar-refractivity contribution in [3.8, 4) is 11.5 Å². The van der Waals surface area contributed by atoms with Crippen molar-refractivity contribution in [2.45, 2.75) is 25.9 Å². The lowest BCUT2D eigenvalue weighted by Gasteiger charge is -2.17. The second-order valence-electron chi connectivity index (χ2n) is 6.45. The van der Waals surface area contributed by atoms with Gasteiger partial charge in [-0.3, -0.25) is 4.99 Å². The number of para-hydroxylation sites is 1. The molecule has 27 heavy (non-hydrogen) atoms. The third kappa shape index (κ3) is 8.13. The summed E-state index contributed by atoms with van der Waals surface area (Å²) in [5, 5.41) is 6.43. The van der Waals surface area contributed by atoms with Crippen molar-refractivity contribution in [2.24, 2.45) is 4.99 Å². The molecule has 0 aromatic heterocycles. The number of hydrogen-bond acceptors (Lipinski definition) is 4. The second kappa shape index (κ2) is 9.97. The van der Waals surface area contributed by atoms with E-state index in [-0.39, 0.29) is 11.8 Å². The Morgan fingerprint density at radius 3 is 2.30 bits per heavy atom. The lowest BCUT2D eigenvalue weighted by atomic mass is 10.2.